The molecule has 0 aliphatic rings. The molecule has 3 heterocycles. The van der Waals surface area contributed by atoms with Crippen molar-refractivity contribution in [2.75, 3.05) is 5.32 Å². The molecule has 2 N–H and O–H groups in total. The van der Waals surface area contributed by atoms with E-state index in [4.69, 9.17) is 0 Å². The summed E-state index contributed by atoms with van der Waals surface area (Å²) >= 11 is 0. The number of nitrogens with zero attached hydrogens (tertiary/aromatic N) is 2. The van der Waals surface area contributed by atoms with Gasteiger partial charge in [-0.3, -0.25) is 9.78 Å². The van der Waals surface area contributed by atoms with Crippen molar-refractivity contribution in [3.05, 3.63) is 78.2 Å². The van der Waals surface area contributed by atoms with Gasteiger partial charge in [0, 0.05) is 29.8 Å². The number of pyridine rings is 2. The number of carbonyl (C=O) groups excluding carboxylic acids is 1. The van der Waals surface area contributed by atoms with Crippen LogP contribution in [0.4, 0.5) is 5.82 Å². The normalized spacial score (nSPS) is 10.9. The second-order valence-electron chi connectivity index (χ2n) is 6.32. The molecule has 0 fully saturated rings. The third-order valence-electron chi connectivity index (χ3n) is 4.54. The number of H-pyrrole nitrogens is 1. The van der Waals surface area contributed by atoms with Gasteiger partial charge in [-0.15, -0.1) is 0 Å². The zero-order valence-corrected chi connectivity index (χ0v) is 15.1. The summed E-state index contributed by atoms with van der Waals surface area (Å²) in [5, 5.41) is 4.39. The summed E-state index contributed by atoms with van der Waals surface area (Å²) in [6.07, 6.45) is 4.18. The molecule has 0 bridgehead atoms. The van der Waals surface area contributed by atoms with Crippen molar-refractivity contribution in [3.8, 4) is 11.1 Å². The fourth-order valence-corrected chi connectivity index (χ4v) is 3.09. The van der Waals surface area contributed by atoms with Crippen molar-refractivity contribution in [2.45, 2.75) is 19.9 Å². The number of aromatic amines is 1. The lowest BCUT2D eigenvalue weighted by atomic mass is 10.00. The molecule has 4 aromatic rings. The maximum atomic E-state index is 11.9. The number of hydrogen-bond acceptors (Lipinski definition) is 4. The minimum absolute atomic E-state index is 0.154. The predicted molar refractivity (Wildman–Crippen MR) is 108 cm³/mol. The molecule has 0 unspecified atom stereocenters. The summed E-state index contributed by atoms with van der Waals surface area (Å²) in [6.45, 7) is 2.48. The largest absolute Gasteiger partial charge is 0.364 e. The van der Waals surface area contributed by atoms with Gasteiger partial charge in [0.1, 0.15) is 11.5 Å². The molecule has 3 aromatic heterocycles. The van der Waals surface area contributed by atoms with Crippen molar-refractivity contribution in [3.63, 3.8) is 0 Å². The third-order valence-corrected chi connectivity index (χ3v) is 4.54. The number of fused-ring (bicyclic) bond motifs is 1. The summed E-state index contributed by atoms with van der Waals surface area (Å²) < 4.78 is 0. The maximum absolute atomic E-state index is 11.9. The molecular formula is C22H20N4O. The van der Waals surface area contributed by atoms with Gasteiger partial charge in [0.15, 0.2) is 5.78 Å². The highest BCUT2D eigenvalue weighted by molar-refractivity contribution is 5.98. The number of ketones is 1. The topological polar surface area (TPSA) is 70.7 Å². The fraction of sp³-hybridized carbons (Fsp3) is 0.136. The van der Waals surface area contributed by atoms with E-state index in [2.05, 4.69) is 20.3 Å². The number of anilines is 1. The van der Waals surface area contributed by atoms with Gasteiger partial charge in [-0.25, -0.2) is 4.98 Å². The Hall–Kier alpha value is -3.47. The van der Waals surface area contributed by atoms with Crippen LogP contribution < -0.4 is 5.32 Å². The summed E-state index contributed by atoms with van der Waals surface area (Å²) in [4.78, 5) is 24.0. The smallest absolute Gasteiger partial charge is 0.162 e. The Morgan fingerprint density at radius 3 is 2.70 bits per heavy atom. The molecule has 0 radical (unpaired) electrons. The molecule has 0 saturated carbocycles. The standard InChI is InChI=1S/C22H20N4O/c1-2-20(27)16-8-6-15(7-9-16)19-13-21(26-22-18(19)10-12-24-22)25-14-17-5-3-4-11-23-17/h3-13H,2,14H2,1H3,(H2,24,25,26). The van der Waals surface area contributed by atoms with E-state index >= 15 is 0 Å². The number of hydrogen-bond donors (Lipinski definition) is 2. The van der Waals surface area contributed by atoms with Crippen LogP contribution in [0.1, 0.15) is 29.4 Å². The Morgan fingerprint density at radius 2 is 1.96 bits per heavy atom. The molecule has 0 amide bonds. The Bertz CT molecular complexity index is 1070. The second-order valence-corrected chi connectivity index (χ2v) is 6.32. The van der Waals surface area contributed by atoms with E-state index < -0.39 is 0 Å². The summed E-state index contributed by atoms with van der Waals surface area (Å²) in [7, 11) is 0. The Balaban J connectivity index is 1.67. The molecule has 0 aliphatic heterocycles. The van der Waals surface area contributed by atoms with Crippen molar-refractivity contribution in [1.82, 2.24) is 15.0 Å². The van der Waals surface area contributed by atoms with E-state index in [1.165, 1.54) is 0 Å². The molecule has 134 valence electrons. The molecule has 5 heteroatoms. The van der Waals surface area contributed by atoms with Gasteiger partial charge in [0.05, 0.1) is 12.2 Å². The minimum Gasteiger partial charge on any atom is -0.364 e. The molecule has 0 aliphatic carbocycles. The van der Waals surface area contributed by atoms with Crippen LogP contribution in [0.25, 0.3) is 22.2 Å². The molecular weight excluding hydrogens is 336 g/mol. The van der Waals surface area contributed by atoms with Crippen LogP contribution in [-0.4, -0.2) is 20.7 Å². The first-order valence-corrected chi connectivity index (χ1v) is 9.00. The van der Waals surface area contributed by atoms with Crippen LogP contribution in [0.15, 0.2) is 67.0 Å². The van der Waals surface area contributed by atoms with Gasteiger partial charge >= 0.3 is 0 Å². The van der Waals surface area contributed by atoms with Crippen LogP contribution in [0.3, 0.4) is 0 Å². The number of benzene rings is 1. The Kier molecular flexibility index (Phi) is 4.66. The van der Waals surface area contributed by atoms with E-state index in [-0.39, 0.29) is 5.78 Å². The van der Waals surface area contributed by atoms with E-state index in [0.29, 0.717) is 13.0 Å². The van der Waals surface area contributed by atoms with E-state index in [1.807, 2.05) is 67.7 Å². The first-order chi connectivity index (χ1) is 13.2. The SMILES string of the molecule is CCC(=O)c1ccc(-c2cc(NCc3ccccn3)nc3[nH]ccc23)cc1. The highest BCUT2D eigenvalue weighted by Gasteiger charge is 2.10. The molecule has 1 aromatic carbocycles. The zero-order chi connectivity index (χ0) is 18.6. The first-order valence-electron chi connectivity index (χ1n) is 9.00. The monoisotopic (exact) mass is 356 g/mol. The highest BCUT2D eigenvalue weighted by Crippen LogP contribution is 2.30. The van der Waals surface area contributed by atoms with Gasteiger partial charge in [0.25, 0.3) is 0 Å². The van der Waals surface area contributed by atoms with Gasteiger partial charge in [-0.1, -0.05) is 37.3 Å². The average molecular weight is 356 g/mol. The third kappa shape index (κ3) is 3.58. The van der Waals surface area contributed by atoms with Gasteiger partial charge in [0.2, 0.25) is 0 Å². The molecule has 0 spiro atoms. The van der Waals surface area contributed by atoms with E-state index in [1.54, 1.807) is 6.20 Å². The zero-order valence-electron chi connectivity index (χ0n) is 15.1. The lowest BCUT2D eigenvalue weighted by Gasteiger charge is -2.10. The number of Topliss-reactive ketones (excluding diaryl/α,β-unsaturated/α-hetero) is 1. The van der Waals surface area contributed by atoms with Gasteiger partial charge in [-0.2, -0.15) is 0 Å². The number of carbonyl (C=O) groups is 1. The van der Waals surface area contributed by atoms with Crippen molar-refractivity contribution < 1.29 is 4.79 Å². The van der Waals surface area contributed by atoms with E-state index in [9.17, 15) is 4.79 Å². The Morgan fingerprint density at radius 1 is 1.11 bits per heavy atom. The summed E-state index contributed by atoms with van der Waals surface area (Å²) in [5.41, 5.74) is 4.64. The number of rotatable bonds is 6. The maximum Gasteiger partial charge on any atom is 0.162 e. The van der Waals surface area contributed by atoms with Crippen LogP contribution in [0.2, 0.25) is 0 Å². The molecule has 27 heavy (non-hydrogen) atoms. The molecule has 4 rings (SSSR count). The van der Waals surface area contributed by atoms with Crippen LogP contribution in [0, 0.1) is 0 Å². The van der Waals surface area contributed by atoms with Crippen LogP contribution in [0.5, 0.6) is 0 Å². The number of nitrogens with one attached hydrogen (secondary N) is 2. The van der Waals surface area contributed by atoms with Gasteiger partial charge in [-0.05, 0) is 35.4 Å². The molecule has 5 nitrogen and oxygen atoms in total. The Labute approximate surface area is 157 Å². The van der Waals surface area contributed by atoms with Crippen molar-refractivity contribution in [1.29, 1.82) is 0 Å². The molecule has 0 saturated heterocycles. The lowest BCUT2D eigenvalue weighted by Crippen LogP contribution is -2.03. The predicted octanol–water partition coefficient (Wildman–Crippen LogP) is 4.83. The van der Waals surface area contributed by atoms with Crippen LogP contribution in [-0.2, 0) is 6.54 Å². The average Bonchev–Trinajstić information content (AvgIpc) is 3.20. The van der Waals surface area contributed by atoms with E-state index in [0.717, 1.165) is 39.2 Å². The summed E-state index contributed by atoms with van der Waals surface area (Å²) in [6, 6.07) is 17.7. The first kappa shape index (κ1) is 17.0. The van der Waals surface area contributed by atoms with Crippen molar-refractivity contribution in [2.24, 2.45) is 0 Å². The quantitative estimate of drug-likeness (QED) is 0.486. The molecule has 0 atom stereocenters. The second kappa shape index (κ2) is 7.41. The fourth-order valence-electron chi connectivity index (χ4n) is 3.09. The van der Waals surface area contributed by atoms with Gasteiger partial charge < -0.3 is 10.3 Å². The minimum atomic E-state index is 0.154. The number of aromatic nitrogens is 3. The lowest BCUT2D eigenvalue weighted by molar-refractivity contribution is 0.0988. The van der Waals surface area contributed by atoms with Crippen LogP contribution >= 0.6 is 0 Å². The van der Waals surface area contributed by atoms with Crippen molar-refractivity contribution >= 4 is 22.6 Å². The summed E-state index contributed by atoms with van der Waals surface area (Å²) in [5.74, 6) is 0.931. The highest BCUT2D eigenvalue weighted by atomic mass is 16.1.